The summed E-state index contributed by atoms with van der Waals surface area (Å²) in [4.78, 5) is 40.6. The van der Waals surface area contributed by atoms with Crippen molar-refractivity contribution in [1.29, 1.82) is 0 Å². The Hall–Kier alpha value is -3.40. The fourth-order valence-electron chi connectivity index (χ4n) is 3.38. The fraction of sp³-hybridized carbons (Fsp3) is 0.250. The van der Waals surface area contributed by atoms with Gasteiger partial charge in [0.15, 0.2) is 5.17 Å². The lowest BCUT2D eigenvalue weighted by Crippen LogP contribution is -2.40. The first kappa shape index (κ1) is 19.9. The van der Waals surface area contributed by atoms with Gasteiger partial charge in [-0.3, -0.25) is 19.7 Å². The Morgan fingerprint density at radius 1 is 1.30 bits per heavy atom. The molecule has 0 unspecified atom stereocenters. The maximum Gasteiger partial charge on any atom is 0.286 e. The second kappa shape index (κ2) is 8.15. The van der Waals surface area contributed by atoms with E-state index in [0.717, 1.165) is 0 Å². The number of amidine groups is 1. The highest BCUT2D eigenvalue weighted by molar-refractivity contribution is 8.18. The van der Waals surface area contributed by atoms with E-state index in [9.17, 15) is 19.7 Å². The quantitative estimate of drug-likeness (QED) is 0.451. The largest absolute Gasteiger partial charge is 0.457 e. The number of rotatable bonds is 4. The smallest absolute Gasteiger partial charge is 0.286 e. The van der Waals surface area contributed by atoms with Crippen LogP contribution in [0.1, 0.15) is 18.6 Å². The minimum Gasteiger partial charge on any atom is -0.457 e. The Morgan fingerprint density at radius 3 is 2.77 bits per heavy atom. The van der Waals surface area contributed by atoms with Crippen molar-refractivity contribution in [3.63, 3.8) is 0 Å². The normalized spacial score (nSPS) is 18.7. The second-order valence-electron chi connectivity index (χ2n) is 6.98. The number of aliphatic imine (C=N–C) groups is 1. The Bertz CT molecular complexity index is 1080. The lowest BCUT2D eigenvalue weighted by atomic mass is 9.97. The van der Waals surface area contributed by atoms with E-state index in [4.69, 9.17) is 10.2 Å². The first-order valence-corrected chi connectivity index (χ1v) is 10.1. The molecule has 0 spiro atoms. The molecule has 1 aromatic carbocycles. The molecule has 3 heterocycles. The molecule has 0 radical (unpaired) electrons. The van der Waals surface area contributed by atoms with Crippen LogP contribution in [0.15, 0.2) is 50.7 Å². The van der Waals surface area contributed by atoms with Gasteiger partial charge in [-0.05, 0) is 36.7 Å². The summed E-state index contributed by atoms with van der Waals surface area (Å²) >= 11 is 1.26. The summed E-state index contributed by atoms with van der Waals surface area (Å²) in [6.45, 7) is 1.25. The van der Waals surface area contributed by atoms with Gasteiger partial charge in [-0.2, -0.15) is 4.99 Å². The molecule has 9 nitrogen and oxygen atoms in total. The first-order valence-electron chi connectivity index (χ1n) is 9.32. The van der Waals surface area contributed by atoms with Crippen molar-refractivity contribution < 1.29 is 18.9 Å². The number of likely N-dealkylation sites (tertiary alicyclic amines) is 1. The second-order valence-corrected chi connectivity index (χ2v) is 7.99. The van der Waals surface area contributed by atoms with E-state index < -0.39 is 4.92 Å². The molecule has 0 saturated carbocycles. The zero-order chi connectivity index (χ0) is 21.3. The topological polar surface area (TPSA) is 132 Å². The van der Waals surface area contributed by atoms with Crippen LogP contribution in [-0.2, 0) is 9.59 Å². The minimum absolute atomic E-state index is 0.0246. The maximum atomic E-state index is 12.3. The number of nitrogens with zero attached hydrogens (tertiary/aromatic N) is 3. The molecule has 1 fully saturated rings. The molecule has 154 valence electrons. The molecule has 2 N–H and O–H groups in total. The molecular formula is C20H18N4O5S. The molecule has 4 rings (SSSR count). The average Bonchev–Trinajstić information content (AvgIpc) is 3.35. The van der Waals surface area contributed by atoms with Gasteiger partial charge in [0.25, 0.3) is 11.6 Å². The number of thioether (sulfide) groups is 1. The predicted molar refractivity (Wildman–Crippen MR) is 112 cm³/mol. The molecule has 2 amide bonds. The number of non-ortho nitro benzene ring substituents is 1. The summed E-state index contributed by atoms with van der Waals surface area (Å²) in [5.41, 5.74) is 5.92. The number of carbonyl (C=O) groups is 2. The van der Waals surface area contributed by atoms with Crippen LogP contribution in [0.3, 0.4) is 0 Å². The van der Waals surface area contributed by atoms with Crippen LogP contribution in [0.2, 0.25) is 0 Å². The molecule has 1 saturated heterocycles. The third-order valence-electron chi connectivity index (χ3n) is 5.02. The van der Waals surface area contributed by atoms with Crippen molar-refractivity contribution >= 4 is 40.5 Å². The third kappa shape index (κ3) is 4.13. The standard InChI is InChI=1S/C20H18N4O5S/c21-18(25)12-6-8-23(9-7-12)20-22-19(26)17(30-20)11-15-4-5-16(29-15)13-2-1-3-14(10-13)24(27)28/h1-5,10-12H,6-9H2,(H2,21,25)/b17-11-. The summed E-state index contributed by atoms with van der Waals surface area (Å²) in [6, 6.07) is 9.55. The SMILES string of the molecule is NC(=O)C1CCN(C2=NC(=O)/C(=C/c3ccc(-c4cccc([N+](=O)[O-])c4)o3)S2)CC1. The molecule has 2 aliphatic heterocycles. The number of amides is 2. The molecule has 2 aromatic rings. The molecule has 2 aliphatic rings. The lowest BCUT2D eigenvalue weighted by Gasteiger charge is -2.31. The van der Waals surface area contributed by atoms with Crippen LogP contribution < -0.4 is 5.73 Å². The van der Waals surface area contributed by atoms with Gasteiger partial charge in [-0.1, -0.05) is 12.1 Å². The van der Waals surface area contributed by atoms with Crippen molar-refractivity contribution in [1.82, 2.24) is 4.90 Å². The summed E-state index contributed by atoms with van der Waals surface area (Å²) in [6.07, 6.45) is 2.90. The lowest BCUT2D eigenvalue weighted by molar-refractivity contribution is -0.384. The van der Waals surface area contributed by atoms with Gasteiger partial charge < -0.3 is 15.1 Å². The Kier molecular flexibility index (Phi) is 5.40. The van der Waals surface area contributed by atoms with Gasteiger partial charge in [0.2, 0.25) is 5.91 Å². The van der Waals surface area contributed by atoms with Crippen LogP contribution in [0, 0.1) is 16.0 Å². The van der Waals surface area contributed by atoms with E-state index in [1.807, 2.05) is 4.90 Å². The van der Waals surface area contributed by atoms with E-state index in [1.165, 1.54) is 23.9 Å². The van der Waals surface area contributed by atoms with E-state index in [2.05, 4.69) is 4.99 Å². The number of primary amides is 1. The number of hydrogen-bond acceptors (Lipinski definition) is 7. The van der Waals surface area contributed by atoms with Crippen LogP contribution in [0.5, 0.6) is 0 Å². The molecule has 0 aliphatic carbocycles. The van der Waals surface area contributed by atoms with E-state index in [1.54, 1.807) is 30.3 Å². The number of nitrogens with two attached hydrogens (primary N) is 1. The number of nitro benzene ring substituents is 1. The van der Waals surface area contributed by atoms with Crippen LogP contribution >= 0.6 is 11.8 Å². The Morgan fingerprint density at radius 2 is 2.07 bits per heavy atom. The summed E-state index contributed by atoms with van der Waals surface area (Å²) in [5, 5.41) is 11.6. The predicted octanol–water partition coefficient (Wildman–Crippen LogP) is 3.02. The number of furan rings is 1. The number of nitro groups is 1. The third-order valence-corrected chi connectivity index (χ3v) is 6.06. The number of piperidine rings is 1. The fourth-order valence-corrected chi connectivity index (χ4v) is 4.32. The average molecular weight is 426 g/mol. The van der Waals surface area contributed by atoms with Crippen molar-refractivity contribution in [3.05, 3.63) is 57.2 Å². The molecule has 0 bridgehead atoms. The van der Waals surface area contributed by atoms with Gasteiger partial charge in [0, 0.05) is 42.8 Å². The van der Waals surface area contributed by atoms with Crippen molar-refractivity contribution in [3.8, 4) is 11.3 Å². The highest BCUT2D eigenvalue weighted by Crippen LogP contribution is 2.33. The van der Waals surface area contributed by atoms with E-state index in [-0.39, 0.29) is 23.4 Å². The summed E-state index contributed by atoms with van der Waals surface area (Å²) < 4.78 is 5.76. The van der Waals surface area contributed by atoms with Crippen LogP contribution in [0.25, 0.3) is 17.4 Å². The molecule has 30 heavy (non-hydrogen) atoms. The van der Waals surface area contributed by atoms with Crippen LogP contribution in [0.4, 0.5) is 5.69 Å². The molecular weight excluding hydrogens is 408 g/mol. The Labute approximate surface area is 175 Å². The number of carbonyl (C=O) groups excluding carboxylic acids is 2. The van der Waals surface area contributed by atoms with Crippen molar-refractivity contribution in [2.45, 2.75) is 12.8 Å². The van der Waals surface area contributed by atoms with Crippen molar-refractivity contribution in [2.24, 2.45) is 16.6 Å². The highest BCUT2D eigenvalue weighted by atomic mass is 32.2. The van der Waals surface area contributed by atoms with Gasteiger partial charge >= 0.3 is 0 Å². The molecule has 1 aromatic heterocycles. The first-order chi connectivity index (χ1) is 14.4. The zero-order valence-corrected chi connectivity index (χ0v) is 16.6. The van der Waals surface area contributed by atoms with E-state index >= 15 is 0 Å². The van der Waals surface area contributed by atoms with Gasteiger partial charge in [-0.15, -0.1) is 0 Å². The zero-order valence-electron chi connectivity index (χ0n) is 15.8. The Balaban J connectivity index is 1.45. The highest BCUT2D eigenvalue weighted by Gasteiger charge is 2.30. The van der Waals surface area contributed by atoms with E-state index in [0.29, 0.717) is 53.1 Å². The minimum atomic E-state index is -0.464. The molecule has 0 atom stereocenters. The number of benzene rings is 1. The van der Waals surface area contributed by atoms with Gasteiger partial charge in [0.1, 0.15) is 11.5 Å². The summed E-state index contributed by atoms with van der Waals surface area (Å²) in [7, 11) is 0. The maximum absolute atomic E-state index is 12.3. The number of hydrogen-bond donors (Lipinski definition) is 1. The summed E-state index contributed by atoms with van der Waals surface area (Å²) in [5.74, 6) is 0.159. The van der Waals surface area contributed by atoms with Crippen LogP contribution in [-0.4, -0.2) is 39.9 Å². The molecule has 10 heteroatoms. The van der Waals surface area contributed by atoms with Crippen molar-refractivity contribution in [2.75, 3.05) is 13.1 Å². The van der Waals surface area contributed by atoms with Gasteiger partial charge in [-0.25, -0.2) is 0 Å². The monoisotopic (exact) mass is 426 g/mol. The van der Waals surface area contributed by atoms with Gasteiger partial charge in [0.05, 0.1) is 9.83 Å².